The van der Waals surface area contributed by atoms with E-state index < -0.39 is 6.04 Å². The van der Waals surface area contributed by atoms with E-state index in [4.69, 9.17) is 0 Å². The first-order chi connectivity index (χ1) is 7.15. The number of thioether (sulfide) groups is 1. The third-order valence-electron chi connectivity index (χ3n) is 2.12. The number of benzene rings is 1. The number of halogens is 1. The number of amides is 1. The Hall–Kier alpha value is -1.36. The maximum atomic E-state index is 12.6. The van der Waals surface area contributed by atoms with Crippen molar-refractivity contribution in [2.75, 3.05) is 0 Å². The van der Waals surface area contributed by atoms with Gasteiger partial charge in [-0.15, -0.1) is 0 Å². The quantitative estimate of drug-likeness (QED) is 0.833. The smallest absolute Gasteiger partial charge is 0.287 e. The molecule has 3 nitrogen and oxygen atoms in total. The molecular formula is C10H8FNO2S. The molecule has 15 heavy (non-hydrogen) atoms. The normalized spacial score (nSPS) is 20.5. The zero-order valence-corrected chi connectivity index (χ0v) is 8.51. The average Bonchev–Trinajstić information content (AvgIpc) is 2.49. The second kappa shape index (κ2) is 4.02. The molecule has 1 N–H and O–H groups in total. The Bertz CT molecular complexity index is 404. The molecular weight excluding hydrogens is 217 g/mol. The van der Waals surface area contributed by atoms with E-state index in [0.29, 0.717) is 18.2 Å². The molecule has 1 aromatic rings. The summed E-state index contributed by atoms with van der Waals surface area (Å²) in [5.74, 6) is -0.310. The Labute approximate surface area is 90.0 Å². The maximum Gasteiger partial charge on any atom is 0.287 e. The lowest BCUT2D eigenvalue weighted by Crippen LogP contribution is -2.30. The van der Waals surface area contributed by atoms with Crippen molar-refractivity contribution in [2.45, 2.75) is 12.5 Å². The van der Waals surface area contributed by atoms with Crippen LogP contribution in [0.2, 0.25) is 0 Å². The topological polar surface area (TPSA) is 46.2 Å². The summed E-state index contributed by atoms with van der Waals surface area (Å²) in [6, 6.07) is 5.41. The number of rotatable bonds is 2. The van der Waals surface area contributed by atoms with Gasteiger partial charge in [0.25, 0.3) is 5.24 Å². The first-order valence-corrected chi connectivity index (χ1v) is 5.23. The Morgan fingerprint density at radius 1 is 1.27 bits per heavy atom. The fraction of sp³-hybridized carbons (Fsp3) is 0.200. The highest BCUT2D eigenvalue weighted by Crippen LogP contribution is 2.18. The summed E-state index contributed by atoms with van der Waals surface area (Å²) in [7, 11) is 0. The molecule has 1 amide bonds. The molecule has 0 spiro atoms. The van der Waals surface area contributed by atoms with Crippen molar-refractivity contribution >= 4 is 22.1 Å². The van der Waals surface area contributed by atoms with Crippen molar-refractivity contribution in [3.8, 4) is 0 Å². The molecule has 0 radical (unpaired) electrons. The molecule has 0 bridgehead atoms. The zero-order valence-electron chi connectivity index (χ0n) is 7.70. The van der Waals surface area contributed by atoms with E-state index in [9.17, 15) is 14.0 Å². The van der Waals surface area contributed by atoms with Crippen LogP contribution in [0.3, 0.4) is 0 Å². The van der Waals surface area contributed by atoms with Crippen LogP contribution in [0.15, 0.2) is 24.3 Å². The Morgan fingerprint density at radius 2 is 1.93 bits per heavy atom. The van der Waals surface area contributed by atoms with Crippen LogP contribution < -0.4 is 5.32 Å². The van der Waals surface area contributed by atoms with E-state index in [1.165, 1.54) is 12.1 Å². The standard InChI is InChI=1S/C10H8FNO2S/c11-7-3-1-6(2-4-7)5-8-9(13)15-10(14)12-8/h1-4,8H,5H2,(H,12,14)/t8-/m0/s1. The molecule has 1 atom stereocenters. The van der Waals surface area contributed by atoms with Crippen LogP contribution in [0.25, 0.3) is 0 Å². The molecule has 0 unspecified atom stereocenters. The lowest BCUT2D eigenvalue weighted by atomic mass is 10.1. The summed E-state index contributed by atoms with van der Waals surface area (Å²) in [5.41, 5.74) is 0.831. The van der Waals surface area contributed by atoms with Gasteiger partial charge in [0.2, 0.25) is 5.12 Å². The predicted molar refractivity (Wildman–Crippen MR) is 55.0 cm³/mol. The van der Waals surface area contributed by atoms with E-state index in [1.54, 1.807) is 12.1 Å². The van der Waals surface area contributed by atoms with Gasteiger partial charge in [-0.1, -0.05) is 12.1 Å². The minimum atomic E-state index is -0.479. The first kappa shape index (κ1) is 10.2. The highest BCUT2D eigenvalue weighted by Gasteiger charge is 2.30. The first-order valence-electron chi connectivity index (χ1n) is 4.42. The maximum absolute atomic E-state index is 12.6. The molecule has 1 saturated heterocycles. The van der Waals surface area contributed by atoms with Gasteiger partial charge >= 0.3 is 0 Å². The van der Waals surface area contributed by atoms with Gasteiger partial charge in [0.05, 0.1) is 0 Å². The molecule has 1 heterocycles. The third kappa shape index (κ3) is 2.36. The number of carbonyl (C=O) groups is 2. The minimum absolute atomic E-state index is 0.177. The lowest BCUT2D eigenvalue weighted by Gasteiger charge is -2.06. The summed E-state index contributed by atoms with van der Waals surface area (Å²) in [4.78, 5) is 22.1. The van der Waals surface area contributed by atoms with Gasteiger partial charge in [-0.05, 0) is 17.7 Å². The molecule has 78 valence electrons. The van der Waals surface area contributed by atoms with Crippen LogP contribution in [-0.2, 0) is 11.2 Å². The van der Waals surface area contributed by atoms with Crippen molar-refractivity contribution < 1.29 is 14.0 Å². The number of nitrogens with one attached hydrogen (secondary N) is 1. The van der Waals surface area contributed by atoms with Gasteiger partial charge in [0.1, 0.15) is 11.9 Å². The summed E-state index contributed by atoms with van der Waals surface area (Å²) in [5, 5.41) is 2.06. The summed E-state index contributed by atoms with van der Waals surface area (Å²) >= 11 is 0.688. The van der Waals surface area contributed by atoms with Gasteiger partial charge < -0.3 is 5.32 Å². The van der Waals surface area contributed by atoms with Gasteiger partial charge in [-0.2, -0.15) is 0 Å². The van der Waals surface area contributed by atoms with Crippen molar-refractivity contribution in [3.63, 3.8) is 0 Å². The summed E-state index contributed by atoms with van der Waals surface area (Å²) < 4.78 is 12.6. The lowest BCUT2D eigenvalue weighted by molar-refractivity contribution is -0.112. The van der Waals surface area contributed by atoms with Crippen LogP contribution in [0.5, 0.6) is 0 Å². The van der Waals surface area contributed by atoms with Crippen LogP contribution in [0.1, 0.15) is 5.56 Å². The third-order valence-corrected chi connectivity index (χ3v) is 2.91. The second-order valence-corrected chi connectivity index (χ2v) is 4.21. The monoisotopic (exact) mass is 225 g/mol. The van der Waals surface area contributed by atoms with Gasteiger partial charge in [0.15, 0.2) is 0 Å². The molecule has 2 rings (SSSR count). The average molecular weight is 225 g/mol. The molecule has 0 saturated carbocycles. The fourth-order valence-electron chi connectivity index (χ4n) is 1.38. The van der Waals surface area contributed by atoms with E-state index in [1.807, 2.05) is 0 Å². The van der Waals surface area contributed by atoms with Crippen LogP contribution in [0.4, 0.5) is 9.18 Å². The van der Waals surface area contributed by atoms with Crippen LogP contribution in [-0.4, -0.2) is 16.4 Å². The van der Waals surface area contributed by atoms with Crippen molar-refractivity contribution in [3.05, 3.63) is 35.6 Å². The van der Waals surface area contributed by atoms with Crippen molar-refractivity contribution in [2.24, 2.45) is 0 Å². The molecule has 0 aliphatic carbocycles. The predicted octanol–water partition coefficient (Wildman–Crippen LogP) is 1.72. The van der Waals surface area contributed by atoms with E-state index >= 15 is 0 Å². The molecule has 5 heteroatoms. The number of hydrogen-bond acceptors (Lipinski definition) is 3. The molecule has 1 aromatic carbocycles. The van der Waals surface area contributed by atoms with Crippen LogP contribution >= 0.6 is 11.8 Å². The number of hydrogen-bond donors (Lipinski definition) is 1. The largest absolute Gasteiger partial charge is 0.335 e. The van der Waals surface area contributed by atoms with E-state index in [-0.39, 0.29) is 16.2 Å². The van der Waals surface area contributed by atoms with Crippen molar-refractivity contribution in [1.29, 1.82) is 0 Å². The molecule has 1 fully saturated rings. The Morgan fingerprint density at radius 3 is 2.47 bits per heavy atom. The molecule has 1 aliphatic rings. The highest BCUT2D eigenvalue weighted by molar-refractivity contribution is 8.26. The minimum Gasteiger partial charge on any atom is -0.335 e. The molecule has 1 aliphatic heterocycles. The summed E-state index contributed by atoms with van der Waals surface area (Å²) in [6.45, 7) is 0. The Kier molecular flexibility index (Phi) is 2.73. The van der Waals surface area contributed by atoms with Gasteiger partial charge in [-0.3, -0.25) is 9.59 Å². The van der Waals surface area contributed by atoms with E-state index in [0.717, 1.165) is 5.56 Å². The van der Waals surface area contributed by atoms with Gasteiger partial charge in [0, 0.05) is 18.2 Å². The van der Waals surface area contributed by atoms with Gasteiger partial charge in [-0.25, -0.2) is 4.39 Å². The highest BCUT2D eigenvalue weighted by atomic mass is 32.2. The summed E-state index contributed by atoms with van der Waals surface area (Å²) in [6.07, 6.45) is 0.415. The fourth-order valence-corrected chi connectivity index (χ4v) is 2.05. The van der Waals surface area contributed by atoms with Crippen molar-refractivity contribution in [1.82, 2.24) is 5.32 Å². The zero-order chi connectivity index (χ0) is 10.8. The number of carbonyl (C=O) groups excluding carboxylic acids is 2. The SMILES string of the molecule is O=C1N[C@@H](Cc2ccc(F)cc2)C(=O)S1. The van der Waals surface area contributed by atoms with E-state index in [2.05, 4.69) is 5.32 Å². The molecule has 0 aromatic heterocycles. The second-order valence-electron chi connectivity index (χ2n) is 3.24. The van der Waals surface area contributed by atoms with Crippen LogP contribution in [0, 0.1) is 5.82 Å². The Balaban J connectivity index is 2.06.